The number of ether oxygens (including phenoxy) is 2. The monoisotopic (exact) mass is 299 g/mol. The van der Waals surface area contributed by atoms with Gasteiger partial charge in [0.25, 0.3) is 0 Å². The van der Waals surface area contributed by atoms with Gasteiger partial charge in [-0.05, 0) is 6.92 Å². The molecule has 1 unspecified atom stereocenters. The van der Waals surface area contributed by atoms with E-state index in [1.165, 1.54) is 12.0 Å². The van der Waals surface area contributed by atoms with Crippen molar-refractivity contribution in [3.63, 3.8) is 0 Å². The molecule has 1 aromatic heterocycles. The molecular weight excluding hydrogens is 286 g/mol. The van der Waals surface area contributed by atoms with Crippen molar-refractivity contribution in [2.24, 2.45) is 5.92 Å². The fraction of sp³-hybridized carbons (Fsp3) is 0.545. The third kappa shape index (κ3) is 2.77. The summed E-state index contributed by atoms with van der Waals surface area (Å²) in [5.74, 6) is -1.77. The van der Waals surface area contributed by atoms with E-state index in [2.05, 4.69) is 14.9 Å². The van der Waals surface area contributed by atoms with Crippen LogP contribution in [0.4, 0.5) is 5.13 Å². The van der Waals surface area contributed by atoms with E-state index in [4.69, 9.17) is 4.74 Å². The molecule has 1 aliphatic heterocycles. The minimum atomic E-state index is -0.576. The zero-order valence-electron chi connectivity index (χ0n) is 11.0. The predicted molar refractivity (Wildman–Crippen MR) is 68.3 cm³/mol. The Balaban J connectivity index is 2.11. The van der Waals surface area contributed by atoms with Crippen LogP contribution in [-0.2, 0) is 19.1 Å². The SMILES string of the molecule is CCOC(=O)c1nnc(N2CC(C(=O)OC)CC2=O)s1. The van der Waals surface area contributed by atoms with Crippen molar-refractivity contribution >= 4 is 34.3 Å². The Morgan fingerprint density at radius 2 is 2.20 bits per heavy atom. The van der Waals surface area contributed by atoms with Gasteiger partial charge >= 0.3 is 11.9 Å². The second-order valence-electron chi connectivity index (χ2n) is 4.04. The van der Waals surface area contributed by atoms with Crippen LogP contribution in [0.3, 0.4) is 0 Å². The smallest absolute Gasteiger partial charge is 0.369 e. The van der Waals surface area contributed by atoms with Gasteiger partial charge in [0, 0.05) is 13.0 Å². The lowest BCUT2D eigenvalue weighted by Crippen LogP contribution is -2.26. The molecule has 0 bridgehead atoms. The van der Waals surface area contributed by atoms with Gasteiger partial charge in [0.2, 0.25) is 16.0 Å². The van der Waals surface area contributed by atoms with Gasteiger partial charge in [-0.15, -0.1) is 10.2 Å². The van der Waals surface area contributed by atoms with Crippen molar-refractivity contribution in [2.75, 3.05) is 25.2 Å². The van der Waals surface area contributed by atoms with E-state index in [0.717, 1.165) is 11.3 Å². The van der Waals surface area contributed by atoms with E-state index >= 15 is 0 Å². The van der Waals surface area contributed by atoms with Crippen LogP contribution in [0, 0.1) is 5.92 Å². The summed E-state index contributed by atoms with van der Waals surface area (Å²) in [6.07, 6.45) is 0.0704. The number of hydrogen-bond acceptors (Lipinski definition) is 8. The molecule has 0 spiro atoms. The molecule has 1 amide bonds. The van der Waals surface area contributed by atoms with E-state index in [-0.39, 0.29) is 35.6 Å². The first kappa shape index (κ1) is 14.4. The Bertz CT molecular complexity index is 544. The summed E-state index contributed by atoms with van der Waals surface area (Å²) in [5.41, 5.74) is 0. The molecule has 1 aromatic rings. The summed E-state index contributed by atoms with van der Waals surface area (Å²) in [5, 5.41) is 7.84. The van der Waals surface area contributed by atoms with E-state index in [9.17, 15) is 14.4 Å². The van der Waals surface area contributed by atoms with Crippen LogP contribution >= 0.6 is 11.3 Å². The molecule has 0 aliphatic carbocycles. The van der Waals surface area contributed by atoms with Crippen LogP contribution in [0.15, 0.2) is 0 Å². The second kappa shape index (κ2) is 5.95. The fourth-order valence-electron chi connectivity index (χ4n) is 1.82. The molecule has 1 saturated heterocycles. The first-order valence-electron chi connectivity index (χ1n) is 5.95. The van der Waals surface area contributed by atoms with Crippen LogP contribution in [-0.4, -0.2) is 48.3 Å². The lowest BCUT2D eigenvalue weighted by molar-refractivity contribution is -0.145. The van der Waals surface area contributed by atoms with Gasteiger partial charge in [0.05, 0.1) is 19.6 Å². The quantitative estimate of drug-likeness (QED) is 0.734. The standard InChI is InChI=1S/C11H13N3O5S/c1-3-19-10(17)8-12-13-11(20-8)14-5-6(4-7(14)15)9(16)18-2/h6H,3-5H2,1-2H3. The zero-order chi connectivity index (χ0) is 14.7. The number of esters is 2. The third-order valence-electron chi connectivity index (χ3n) is 2.75. The van der Waals surface area contributed by atoms with Crippen molar-refractivity contribution in [3.05, 3.63) is 5.01 Å². The molecule has 0 radical (unpaired) electrons. The number of aromatic nitrogens is 2. The average molecular weight is 299 g/mol. The lowest BCUT2D eigenvalue weighted by Gasteiger charge is -2.10. The number of carbonyl (C=O) groups is 3. The largest absolute Gasteiger partial charge is 0.469 e. The van der Waals surface area contributed by atoms with Crippen molar-refractivity contribution in [1.82, 2.24) is 10.2 Å². The summed E-state index contributed by atoms with van der Waals surface area (Å²) in [6, 6.07) is 0. The molecule has 9 heteroatoms. The van der Waals surface area contributed by atoms with Crippen LogP contribution in [0.25, 0.3) is 0 Å². The Morgan fingerprint density at radius 3 is 2.85 bits per heavy atom. The number of methoxy groups -OCH3 is 1. The highest BCUT2D eigenvalue weighted by Crippen LogP contribution is 2.28. The lowest BCUT2D eigenvalue weighted by atomic mass is 10.1. The third-order valence-corrected chi connectivity index (χ3v) is 3.68. The minimum Gasteiger partial charge on any atom is -0.469 e. The summed E-state index contributed by atoms with van der Waals surface area (Å²) >= 11 is 0.960. The predicted octanol–water partition coefficient (Wildman–Crippen LogP) is 0.241. The van der Waals surface area contributed by atoms with Crippen LogP contribution in [0.1, 0.15) is 23.1 Å². The molecule has 0 saturated carbocycles. The van der Waals surface area contributed by atoms with Gasteiger partial charge in [-0.25, -0.2) is 4.79 Å². The highest BCUT2D eigenvalue weighted by atomic mass is 32.1. The number of anilines is 1. The zero-order valence-corrected chi connectivity index (χ0v) is 11.8. The fourth-order valence-corrected chi connectivity index (χ4v) is 2.58. The topological polar surface area (TPSA) is 98.7 Å². The van der Waals surface area contributed by atoms with Crippen molar-refractivity contribution in [2.45, 2.75) is 13.3 Å². The van der Waals surface area contributed by atoms with Crippen LogP contribution in [0.5, 0.6) is 0 Å². The maximum atomic E-state index is 11.9. The number of rotatable bonds is 4. The molecule has 8 nitrogen and oxygen atoms in total. The minimum absolute atomic E-state index is 0.0704. The Morgan fingerprint density at radius 1 is 1.45 bits per heavy atom. The Labute approximate surface area is 118 Å². The number of nitrogens with zero attached hydrogens (tertiary/aromatic N) is 3. The summed E-state index contributed by atoms with van der Waals surface area (Å²) in [6.45, 7) is 2.11. The van der Waals surface area contributed by atoms with Gasteiger partial charge in [-0.1, -0.05) is 11.3 Å². The van der Waals surface area contributed by atoms with Crippen molar-refractivity contribution < 1.29 is 23.9 Å². The van der Waals surface area contributed by atoms with E-state index in [0.29, 0.717) is 0 Å². The van der Waals surface area contributed by atoms with E-state index in [1.807, 2.05) is 0 Å². The molecule has 1 atom stereocenters. The molecule has 0 N–H and O–H groups in total. The molecular formula is C11H13N3O5S. The van der Waals surface area contributed by atoms with Gasteiger partial charge in [-0.3, -0.25) is 14.5 Å². The maximum absolute atomic E-state index is 11.9. The molecule has 1 aliphatic rings. The van der Waals surface area contributed by atoms with Crippen molar-refractivity contribution in [1.29, 1.82) is 0 Å². The highest BCUT2D eigenvalue weighted by Gasteiger charge is 2.37. The summed E-state index contributed by atoms with van der Waals surface area (Å²) in [7, 11) is 1.28. The molecule has 2 rings (SSSR count). The van der Waals surface area contributed by atoms with Crippen LogP contribution in [0.2, 0.25) is 0 Å². The van der Waals surface area contributed by atoms with Gasteiger partial charge in [-0.2, -0.15) is 0 Å². The maximum Gasteiger partial charge on any atom is 0.369 e. The number of carbonyl (C=O) groups excluding carboxylic acids is 3. The highest BCUT2D eigenvalue weighted by molar-refractivity contribution is 7.17. The van der Waals surface area contributed by atoms with Gasteiger partial charge in [0.15, 0.2) is 0 Å². The molecule has 1 fully saturated rings. The van der Waals surface area contributed by atoms with Crippen molar-refractivity contribution in [3.8, 4) is 0 Å². The number of hydrogen-bond donors (Lipinski definition) is 0. The summed E-state index contributed by atoms with van der Waals surface area (Å²) < 4.78 is 9.42. The Kier molecular flexibility index (Phi) is 4.28. The van der Waals surface area contributed by atoms with Gasteiger partial charge in [0.1, 0.15) is 0 Å². The molecule has 0 aromatic carbocycles. The van der Waals surface area contributed by atoms with Gasteiger partial charge < -0.3 is 9.47 Å². The average Bonchev–Trinajstić information content (AvgIpc) is 3.04. The molecule has 108 valence electrons. The second-order valence-corrected chi connectivity index (χ2v) is 4.99. The van der Waals surface area contributed by atoms with E-state index < -0.39 is 17.9 Å². The van der Waals surface area contributed by atoms with E-state index in [1.54, 1.807) is 6.92 Å². The molecule has 2 heterocycles. The first-order chi connectivity index (χ1) is 9.56. The first-order valence-corrected chi connectivity index (χ1v) is 6.77. The van der Waals surface area contributed by atoms with Crippen LogP contribution < -0.4 is 4.90 Å². The molecule has 20 heavy (non-hydrogen) atoms. The summed E-state index contributed by atoms with van der Waals surface area (Å²) in [4.78, 5) is 36.1. The normalized spacial score (nSPS) is 18.2. The Hall–Kier alpha value is -2.03. The number of amides is 1.